The molecule has 2 unspecified atom stereocenters. The zero-order chi connectivity index (χ0) is 21.5. The second kappa shape index (κ2) is 5.74. The molecule has 31 heavy (non-hydrogen) atoms. The third-order valence-corrected chi connectivity index (χ3v) is 6.62. The van der Waals surface area contributed by atoms with Crippen molar-refractivity contribution in [1.82, 2.24) is 9.78 Å². The lowest BCUT2D eigenvalue weighted by atomic mass is 9.82. The molecule has 0 fully saturated rings. The summed E-state index contributed by atoms with van der Waals surface area (Å²) in [4.78, 5) is 14.2. The van der Waals surface area contributed by atoms with Crippen LogP contribution in [0.1, 0.15) is 46.8 Å². The van der Waals surface area contributed by atoms with E-state index in [0.717, 1.165) is 16.5 Å². The maximum Gasteiger partial charge on any atom is 0.273 e. The Kier molecular flexibility index (Phi) is 3.36. The van der Waals surface area contributed by atoms with Gasteiger partial charge < -0.3 is 15.6 Å². The van der Waals surface area contributed by atoms with Crippen molar-refractivity contribution >= 4 is 22.4 Å². The third-order valence-electron chi connectivity index (χ3n) is 6.62. The van der Waals surface area contributed by atoms with E-state index < -0.39 is 11.3 Å². The van der Waals surface area contributed by atoms with Gasteiger partial charge in [0.2, 0.25) is 11.3 Å². The summed E-state index contributed by atoms with van der Waals surface area (Å²) in [5, 5.41) is 17.6. The number of nitrogen functional groups attached to an aromatic ring is 1. The van der Waals surface area contributed by atoms with Crippen LogP contribution in [0.2, 0.25) is 0 Å². The van der Waals surface area contributed by atoms with E-state index in [2.05, 4.69) is 18.9 Å². The topological polar surface area (TPSA) is 90.4 Å². The molecule has 0 spiro atoms. The van der Waals surface area contributed by atoms with Crippen molar-refractivity contribution in [2.24, 2.45) is 0 Å². The molecule has 6 nitrogen and oxygen atoms in total. The fraction of sp³-hybridized carbons (Fsp3) is 0.200. The van der Waals surface area contributed by atoms with Gasteiger partial charge in [0, 0.05) is 22.2 Å². The molecule has 1 aliphatic carbocycles. The number of nitrogens with two attached hydrogens (primary N) is 1. The first-order chi connectivity index (χ1) is 14.9. The van der Waals surface area contributed by atoms with Crippen LogP contribution < -0.4 is 10.5 Å². The summed E-state index contributed by atoms with van der Waals surface area (Å²) < 4.78 is 7.86. The first-order valence-electron chi connectivity index (χ1n) is 10.3. The summed E-state index contributed by atoms with van der Waals surface area (Å²) in [5.41, 5.74) is 7.92. The number of nitrogens with zero attached hydrogens (tertiary/aromatic N) is 2. The molecule has 0 radical (unpaired) electrons. The Labute approximate surface area is 178 Å². The Morgan fingerprint density at radius 2 is 1.87 bits per heavy atom. The average Bonchev–Trinajstić information content (AvgIpc) is 3.34. The highest BCUT2D eigenvalue weighted by Gasteiger charge is 2.73. The number of aromatic nitrogens is 2. The number of rotatable bonds is 2. The molecule has 2 aliphatic rings. The van der Waals surface area contributed by atoms with Crippen LogP contribution >= 0.6 is 0 Å². The second-order valence-corrected chi connectivity index (χ2v) is 8.58. The third kappa shape index (κ3) is 1.96. The number of Topliss-reactive ketones (excluding diaryl/α,β-unsaturated/α-hetero) is 1. The van der Waals surface area contributed by atoms with E-state index in [1.807, 2.05) is 42.5 Å². The molecule has 3 N–H and O–H groups in total. The summed E-state index contributed by atoms with van der Waals surface area (Å²) in [5.74, 6) is -1.55. The number of carbonyl (C=O) groups excluding carboxylic acids is 1. The molecule has 0 saturated carbocycles. The van der Waals surface area contributed by atoms with Gasteiger partial charge in [0.1, 0.15) is 5.75 Å². The zero-order valence-corrected chi connectivity index (χ0v) is 17.2. The molecule has 1 aromatic heterocycles. The summed E-state index contributed by atoms with van der Waals surface area (Å²) in [6.45, 7) is 4.17. The van der Waals surface area contributed by atoms with E-state index in [9.17, 15) is 9.90 Å². The molecule has 0 amide bonds. The lowest BCUT2D eigenvalue weighted by molar-refractivity contribution is -0.172. The number of ether oxygens (including phenoxy) is 1. The summed E-state index contributed by atoms with van der Waals surface area (Å²) in [6, 6.07) is 18.5. The quantitative estimate of drug-likeness (QED) is 0.488. The smallest absolute Gasteiger partial charge is 0.273 e. The maximum absolute atomic E-state index is 14.2. The largest absolute Gasteiger partial charge is 0.454 e. The molecule has 3 aromatic carbocycles. The summed E-state index contributed by atoms with van der Waals surface area (Å²) in [6.07, 6.45) is 1.70. The van der Waals surface area contributed by atoms with Crippen LogP contribution in [-0.2, 0) is 11.3 Å². The zero-order valence-electron chi connectivity index (χ0n) is 17.2. The molecular formula is C25H21N3O3. The molecule has 6 rings (SSSR count). The van der Waals surface area contributed by atoms with Crippen LogP contribution in [0, 0.1) is 0 Å². The highest BCUT2D eigenvalue weighted by Crippen LogP contribution is 2.61. The highest BCUT2D eigenvalue weighted by molar-refractivity contribution is 6.14. The lowest BCUT2D eigenvalue weighted by Gasteiger charge is -2.34. The number of fused-ring (bicyclic) bond motifs is 6. The molecule has 4 aromatic rings. The van der Waals surface area contributed by atoms with Crippen LogP contribution in [-0.4, -0.2) is 20.7 Å². The Morgan fingerprint density at radius 1 is 1.06 bits per heavy atom. The van der Waals surface area contributed by atoms with Gasteiger partial charge in [-0.15, -0.1) is 0 Å². The number of carbonyl (C=O) groups is 1. The minimum atomic E-state index is -1.97. The highest BCUT2D eigenvalue weighted by atomic mass is 16.6. The van der Waals surface area contributed by atoms with E-state index >= 15 is 0 Å². The Balaban J connectivity index is 1.76. The number of hydrogen-bond acceptors (Lipinski definition) is 5. The number of hydrogen-bond donors (Lipinski definition) is 2. The van der Waals surface area contributed by atoms with Crippen LogP contribution in [0.15, 0.2) is 66.9 Å². The predicted octanol–water partition coefficient (Wildman–Crippen LogP) is 3.92. The Morgan fingerprint density at radius 3 is 2.68 bits per heavy atom. The average molecular weight is 411 g/mol. The van der Waals surface area contributed by atoms with E-state index in [1.54, 1.807) is 29.1 Å². The number of ketones is 1. The minimum absolute atomic E-state index is 0.268. The van der Waals surface area contributed by atoms with Gasteiger partial charge in [-0.2, -0.15) is 5.10 Å². The van der Waals surface area contributed by atoms with Gasteiger partial charge in [-0.05, 0) is 29.7 Å². The van der Waals surface area contributed by atoms with Gasteiger partial charge in [-0.25, -0.2) is 4.68 Å². The molecule has 154 valence electrons. The van der Waals surface area contributed by atoms with Crippen molar-refractivity contribution < 1.29 is 14.6 Å². The SMILES string of the molecule is CC(C)c1ccc2c(c1)OC1(O)c3cccc(N)c3C(=O)C21n1ncc2ccccc21. The predicted molar refractivity (Wildman–Crippen MR) is 117 cm³/mol. The van der Waals surface area contributed by atoms with Crippen LogP contribution in [0.25, 0.3) is 10.9 Å². The maximum atomic E-state index is 14.2. The fourth-order valence-corrected chi connectivity index (χ4v) is 5.10. The van der Waals surface area contributed by atoms with Gasteiger partial charge in [-0.1, -0.05) is 56.3 Å². The second-order valence-electron chi connectivity index (χ2n) is 8.58. The molecule has 2 atom stereocenters. The van der Waals surface area contributed by atoms with Crippen molar-refractivity contribution in [1.29, 1.82) is 0 Å². The molecule has 0 bridgehead atoms. The Hall–Kier alpha value is -3.64. The van der Waals surface area contributed by atoms with E-state index in [1.165, 1.54) is 0 Å². The molecule has 6 heteroatoms. The minimum Gasteiger partial charge on any atom is -0.454 e. The van der Waals surface area contributed by atoms with Crippen molar-refractivity contribution in [2.75, 3.05) is 5.73 Å². The van der Waals surface area contributed by atoms with Gasteiger partial charge in [0.15, 0.2) is 0 Å². The lowest BCUT2D eigenvalue weighted by Crippen LogP contribution is -2.54. The van der Waals surface area contributed by atoms with Crippen molar-refractivity contribution in [2.45, 2.75) is 31.1 Å². The van der Waals surface area contributed by atoms with E-state index in [0.29, 0.717) is 22.6 Å². The van der Waals surface area contributed by atoms with Crippen molar-refractivity contribution in [3.63, 3.8) is 0 Å². The Bertz CT molecular complexity index is 1410. The number of para-hydroxylation sites is 1. The molecule has 2 heterocycles. The number of anilines is 1. The summed E-state index contributed by atoms with van der Waals surface area (Å²) in [7, 11) is 0. The molecule has 0 saturated heterocycles. The first-order valence-corrected chi connectivity index (χ1v) is 10.3. The van der Waals surface area contributed by atoms with Crippen molar-refractivity contribution in [3.8, 4) is 5.75 Å². The van der Waals surface area contributed by atoms with Gasteiger partial charge in [0.05, 0.1) is 17.3 Å². The standard InChI is InChI=1S/C25H21N3O3/c1-14(2)15-10-11-17-21(12-15)31-25(30)18-7-5-8-19(26)22(18)23(29)24(17,25)28-20-9-4-3-6-16(20)13-27-28/h3-14,30H,26H2,1-2H3. The normalized spacial score (nSPS) is 23.7. The monoisotopic (exact) mass is 411 g/mol. The first kappa shape index (κ1) is 18.2. The van der Waals surface area contributed by atoms with E-state index in [4.69, 9.17) is 10.5 Å². The van der Waals surface area contributed by atoms with Crippen molar-refractivity contribution in [3.05, 3.63) is 89.1 Å². The van der Waals surface area contributed by atoms with E-state index in [-0.39, 0.29) is 17.3 Å². The molecular weight excluding hydrogens is 390 g/mol. The van der Waals surface area contributed by atoms with Crippen LogP contribution in [0.4, 0.5) is 5.69 Å². The number of aliphatic hydroxyl groups is 1. The summed E-state index contributed by atoms with van der Waals surface area (Å²) >= 11 is 0. The van der Waals surface area contributed by atoms with Gasteiger partial charge >= 0.3 is 0 Å². The number of benzene rings is 3. The van der Waals surface area contributed by atoms with Crippen LogP contribution in [0.3, 0.4) is 0 Å². The van der Waals surface area contributed by atoms with Gasteiger partial charge in [0.25, 0.3) is 5.79 Å². The fourth-order valence-electron chi connectivity index (χ4n) is 5.10. The van der Waals surface area contributed by atoms with Gasteiger partial charge in [-0.3, -0.25) is 4.79 Å². The van der Waals surface area contributed by atoms with Crippen LogP contribution in [0.5, 0.6) is 5.75 Å². The molecule has 1 aliphatic heterocycles.